The number of benzene rings is 3. The summed E-state index contributed by atoms with van der Waals surface area (Å²) >= 11 is 2.82. The largest absolute Gasteiger partial charge is 0.491 e. The molecule has 0 spiro atoms. The maximum absolute atomic E-state index is 15.5. The molecular weight excluding hydrogens is 1120 g/mol. The number of aromatic carboxylic acids is 1. The standard InChI is InChI=1S/C60H71FN12O9S2/c1-10-30-80-35-40-33-41(64-53(74)45(20-13-27-63-56(62)78)65-54(75)49(36(2)3)68-59(79)82-60(5,6)7)25-24-39(40)34-73(8,9)29-15-17-38-23-26-46(43(61)32-38)81-31-16-22-48-50(55(76)77)67-58(84-48)72-28-14-18-42-37(4)51(70-71-52(42)72)69-57-66-44-19-11-12-21-47(44)83-57/h1,11-12,19,21,23-26,32-33,36,45,49H,13-14,16,18,20,22,27-31,34-35H2,2-9H3,(H7-,62,63,64,65,66,68,69,70,74,75,76,77,78,79)/p+1. The lowest BCUT2D eigenvalue weighted by atomic mass is 10.0. The number of nitrogens with zero attached hydrogens (tertiary/aromatic N) is 6. The first-order valence-electron chi connectivity index (χ1n) is 27.5. The molecule has 5 amide bonds. The van der Waals surface area contributed by atoms with Crippen molar-refractivity contribution in [3.8, 4) is 29.9 Å². The number of carboxylic acids is 1. The van der Waals surface area contributed by atoms with Gasteiger partial charge in [-0.05, 0) is 126 Å². The second-order valence-corrected chi connectivity index (χ2v) is 24.2. The molecule has 24 heteroatoms. The molecule has 3 aromatic carbocycles. The number of anilines is 5. The quantitative estimate of drug-likeness (QED) is 0.0160. The summed E-state index contributed by atoms with van der Waals surface area (Å²) in [7, 11) is 3.98. The molecular formula is C60H72FN12O9S2+. The summed E-state index contributed by atoms with van der Waals surface area (Å²) in [4.78, 5) is 75.7. The van der Waals surface area contributed by atoms with Crippen LogP contribution in [0.3, 0.4) is 0 Å². The lowest BCUT2D eigenvalue weighted by Crippen LogP contribution is -2.55. The Morgan fingerprint density at radius 2 is 1.76 bits per heavy atom. The van der Waals surface area contributed by atoms with Crippen molar-refractivity contribution in [1.29, 1.82) is 0 Å². The van der Waals surface area contributed by atoms with Crippen molar-refractivity contribution < 1.29 is 52.2 Å². The molecule has 1 aliphatic heterocycles. The number of rotatable bonds is 25. The average molecular weight is 1190 g/mol. The Balaban J connectivity index is 0.942. The van der Waals surface area contributed by atoms with Crippen molar-refractivity contribution in [2.45, 2.75) is 111 Å². The average Bonchev–Trinajstić information content (AvgIpc) is 2.50. The van der Waals surface area contributed by atoms with Crippen LogP contribution in [0.2, 0.25) is 0 Å². The van der Waals surface area contributed by atoms with Crippen molar-refractivity contribution in [2.24, 2.45) is 11.7 Å². The van der Waals surface area contributed by atoms with E-state index in [1.807, 2.05) is 56.3 Å². The fourth-order valence-electron chi connectivity index (χ4n) is 9.14. The predicted octanol–water partition coefficient (Wildman–Crippen LogP) is 8.73. The van der Waals surface area contributed by atoms with Crippen LogP contribution in [0.25, 0.3) is 10.2 Å². The predicted molar refractivity (Wildman–Crippen MR) is 322 cm³/mol. The van der Waals surface area contributed by atoms with Crippen molar-refractivity contribution >= 4 is 90.4 Å². The van der Waals surface area contributed by atoms with E-state index in [1.54, 1.807) is 52.8 Å². The van der Waals surface area contributed by atoms with Crippen molar-refractivity contribution in [2.75, 3.05) is 62.5 Å². The number of carbonyl (C=O) groups excluding carboxylic acids is 4. The highest BCUT2D eigenvalue weighted by Crippen LogP contribution is 2.39. The van der Waals surface area contributed by atoms with Crippen LogP contribution in [-0.2, 0) is 45.1 Å². The minimum absolute atomic E-state index is 0.0420. The normalized spacial score (nSPS) is 12.9. The van der Waals surface area contributed by atoms with Gasteiger partial charge >= 0.3 is 18.1 Å². The van der Waals surface area contributed by atoms with E-state index in [9.17, 15) is 29.1 Å². The molecule has 0 aliphatic carbocycles. The lowest BCUT2D eigenvalue weighted by Gasteiger charge is -2.29. The van der Waals surface area contributed by atoms with Gasteiger partial charge in [0.25, 0.3) is 0 Å². The summed E-state index contributed by atoms with van der Waals surface area (Å²) in [5, 5.41) is 34.6. The van der Waals surface area contributed by atoms with E-state index in [1.165, 1.54) is 34.8 Å². The van der Waals surface area contributed by atoms with Gasteiger partial charge in [-0.1, -0.05) is 55.2 Å². The third kappa shape index (κ3) is 17.8. The first-order valence-corrected chi connectivity index (χ1v) is 29.1. The summed E-state index contributed by atoms with van der Waals surface area (Å²) in [5.41, 5.74) is 9.73. The number of thiazole rings is 2. The lowest BCUT2D eigenvalue weighted by molar-refractivity contribution is -0.896. The maximum Gasteiger partial charge on any atom is 0.408 e. The number of fused-ring (bicyclic) bond motifs is 2. The van der Waals surface area contributed by atoms with Crippen LogP contribution >= 0.6 is 22.7 Å². The number of ether oxygens (including phenoxy) is 3. The van der Waals surface area contributed by atoms with Gasteiger partial charge in [0.05, 0.1) is 37.5 Å². The monoisotopic (exact) mass is 1190 g/mol. The fourth-order valence-corrected chi connectivity index (χ4v) is 11.1. The molecule has 3 aromatic heterocycles. The van der Waals surface area contributed by atoms with Gasteiger partial charge in [0.2, 0.25) is 11.8 Å². The third-order valence-electron chi connectivity index (χ3n) is 13.2. The summed E-state index contributed by atoms with van der Waals surface area (Å²) in [6, 6.07) is 15.0. The topological polar surface area (TPSA) is 274 Å². The Labute approximate surface area is 496 Å². The molecule has 0 radical (unpaired) electrons. The molecule has 4 heterocycles. The number of aryl methyl sites for hydroxylation is 1. The van der Waals surface area contributed by atoms with E-state index in [0.717, 1.165) is 45.3 Å². The van der Waals surface area contributed by atoms with Gasteiger partial charge < -0.3 is 61.0 Å². The Hall–Kier alpha value is -8.42. The highest BCUT2D eigenvalue weighted by molar-refractivity contribution is 7.22. The molecule has 6 aromatic rings. The Bertz CT molecular complexity index is 3440. The Morgan fingerprint density at radius 3 is 2.48 bits per heavy atom. The number of hydrogen-bond acceptors (Lipinski definition) is 16. The number of para-hydroxylation sites is 1. The van der Waals surface area contributed by atoms with E-state index >= 15 is 4.39 Å². The first-order chi connectivity index (χ1) is 40.0. The second-order valence-electron chi connectivity index (χ2n) is 22.1. The van der Waals surface area contributed by atoms with Gasteiger partial charge in [-0.25, -0.2) is 28.7 Å². The molecule has 0 saturated carbocycles. The van der Waals surface area contributed by atoms with Crippen molar-refractivity contribution in [3.63, 3.8) is 0 Å². The van der Waals surface area contributed by atoms with Gasteiger partial charge in [0.1, 0.15) is 37.4 Å². The van der Waals surface area contributed by atoms with Gasteiger partial charge in [0, 0.05) is 45.9 Å². The number of terminal acetylenes is 1. The summed E-state index contributed by atoms with van der Waals surface area (Å²) in [6.45, 7) is 12.5. The van der Waals surface area contributed by atoms with E-state index in [-0.39, 0.29) is 50.1 Å². The van der Waals surface area contributed by atoms with Crippen LogP contribution in [0.1, 0.15) is 103 Å². The number of carbonyl (C=O) groups is 5. The van der Waals surface area contributed by atoms with Crippen molar-refractivity contribution in [3.05, 3.63) is 105 Å². The Kier molecular flexibility index (Phi) is 21.6. The number of halogens is 1. The number of primary amides is 1. The van der Waals surface area contributed by atoms with Gasteiger partial charge in [-0.2, -0.15) is 0 Å². The second kappa shape index (κ2) is 28.7. The highest BCUT2D eigenvalue weighted by atomic mass is 32.1. The van der Waals surface area contributed by atoms with Gasteiger partial charge in [0.15, 0.2) is 39.2 Å². The fraction of sp³-hybridized carbons (Fsp3) is 0.417. The van der Waals surface area contributed by atoms with E-state index < -0.39 is 53.4 Å². The number of nitrogens with two attached hydrogens (primary N) is 1. The minimum Gasteiger partial charge on any atom is -0.491 e. The summed E-state index contributed by atoms with van der Waals surface area (Å²) < 4.78 is 33.9. The number of nitrogens with one attached hydrogen (secondary N) is 5. The number of quaternary nitrogens is 1. The third-order valence-corrected chi connectivity index (χ3v) is 15.3. The molecule has 2 unspecified atom stereocenters. The van der Waals surface area contributed by atoms with Crippen LogP contribution in [0.15, 0.2) is 60.7 Å². The molecule has 21 nitrogen and oxygen atoms in total. The van der Waals surface area contributed by atoms with Crippen LogP contribution in [-0.4, -0.2) is 124 Å². The summed E-state index contributed by atoms with van der Waals surface area (Å²) in [6.07, 6.45) is 7.46. The van der Waals surface area contributed by atoms with Crippen molar-refractivity contribution in [1.82, 2.24) is 36.1 Å². The van der Waals surface area contributed by atoms with E-state index in [0.29, 0.717) is 81.4 Å². The minimum atomic E-state index is -1.14. The van der Waals surface area contributed by atoms with Gasteiger partial charge in [-0.3, -0.25) is 9.59 Å². The van der Waals surface area contributed by atoms with Crippen LogP contribution in [0.5, 0.6) is 5.75 Å². The molecule has 0 fully saturated rings. The highest BCUT2D eigenvalue weighted by Gasteiger charge is 2.32. The summed E-state index contributed by atoms with van der Waals surface area (Å²) in [5.74, 6) is 6.77. The Morgan fingerprint density at radius 1 is 0.976 bits per heavy atom. The van der Waals surface area contributed by atoms with Gasteiger partial charge in [-0.15, -0.1) is 28.0 Å². The zero-order valence-corrected chi connectivity index (χ0v) is 50.1. The smallest absolute Gasteiger partial charge is 0.408 e. The molecule has 7 rings (SSSR count). The molecule has 0 bridgehead atoms. The zero-order valence-electron chi connectivity index (χ0n) is 48.4. The molecule has 2 atom stereocenters. The first kappa shape index (κ1) is 63.2. The number of hydrogen-bond donors (Lipinski definition) is 7. The maximum atomic E-state index is 15.5. The molecule has 1 aliphatic rings. The number of aromatic nitrogens is 4. The SMILES string of the molecule is C#CCOCc1cc(NC(=O)C(CCCNC(N)=O)NC(=O)C(NC(=O)OC(C)(C)C)C(C)C)ccc1C[N+](C)(C)CC#Cc1ccc(OCCCc2sc(N3CCCc4c3nnc(Nc3nc5ccccc5s3)c4C)nc2C(=O)O)c(F)c1. The van der Waals surface area contributed by atoms with Crippen LogP contribution in [0.4, 0.5) is 41.6 Å². The molecule has 0 saturated heterocycles. The zero-order chi connectivity index (χ0) is 60.7. The molecule has 8 N–H and O–H groups in total. The van der Waals surface area contributed by atoms with E-state index in [2.05, 4.69) is 64.5 Å². The number of amides is 5. The number of urea groups is 1. The van der Waals surface area contributed by atoms with Crippen LogP contribution < -0.4 is 42.0 Å². The molecule has 84 heavy (non-hydrogen) atoms. The van der Waals surface area contributed by atoms with Crippen LogP contribution in [0, 0.1) is 42.8 Å². The molecule has 444 valence electrons. The van der Waals surface area contributed by atoms with E-state index in [4.69, 9.17) is 26.4 Å². The number of alkyl carbamates (subject to hydrolysis) is 1. The number of carboxylic acid groups (broad SMARTS) is 1.